The number of aromatic nitrogens is 2. The Morgan fingerprint density at radius 1 is 1.50 bits per heavy atom. The number of nitriles is 1. The van der Waals surface area contributed by atoms with E-state index in [1.165, 1.54) is 6.33 Å². The van der Waals surface area contributed by atoms with Gasteiger partial charge >= 0.3 is 0 Å². The van der Waals surface area contributed by atoms with Crippen LogP contribution >= 0.6 is 11.6 Å². The second-order valence-corrected chi connectivity index (χ2v) is 6.20. The lowest BCUT2D eigenvalue weighted by Gasteiger charge is -2.22. The summed E-state index contributed by atoms with van der Waals surface area (Å²) in [5.74, 6) is 1.31. The SMILES string of the molecule is CCOc1c(C(C)Nc2ncnc(N)c2C(C)=N)cc(Cl)c(C#N)c1C. The fourth-order valence-electron chi connectivity index (χ4n) is 2.74. The number of hydrogen-bond donors (Lipinski definition) is 3. The first-order chi connectivity index (χ1) is 12.3. The molecule has 0 aliphatic carbocycles. The molecule has 1 unspecified atom stereocenters. The van der Waals surface area contributed by atoms with Gasteiger partial charge in [0.1, 0.15) is 29.8 Å². The van der Waals surface area contributed by atoms with Gasteiger partial charge in [0.25, 0.3) is 0 Å². The molecule has 4 N–H and O–H groups in total. The third-order valence-electron chi connectivity index (χ3n) is 3.97. The van der Waals surface area contributed by atoms with Crippen LogP contribution in [-0.2, 0) is 0 Å². The van der Waals surface area contributed by atoms with Gasteiger partial charge in [-0.1, -0.05) is 11.6 Å². The maximum atomic E-state index is 9.32. The van der Waals surface area contributed by atoms with Crippen LogP contribution in [0.5, 0.6) is 5.75 Å². The second kappa shape index (κ2) is 8.02. The molecule has 2 rings (SSSR count). The molecule has 0 aliphatic rings. The van der Waals surface area contributed by atoms with Crippen LogP contribution in [-0.4, -0.2) is 22.3 Å². The normalized spacial score (nSPS) is 11.5. The van der Waals surface area contributed by atoms with Crippen molar-refractivity contribution in [3.8, 4) is 11.8 Å². The van der Waals surface area contributed by atoms with E-state index in [0.717, 1.165) is 5.56 Å². The van der Waals surface area contributed by atoms with E-state index in [1.807, 2.05) is 20.8 Å². The molecule has 0 amide bonds. The van der Waals surface area contributed by atoms with Crippen LogP contribution in [0.15, 0.2) is 12.4 Å². The van der Waals surface area contributed by atoms with E-state index < -0.39 is 0 Å². The summed E-state index contributed by atoms with van der Waals surface area (Å²) in [6.07, 6.45) is 1.34. The molecule has 0 bridgehead atoms. The molecule has 7 nitrogen and oxygen atoms in total. The fraction of sp³-hybridized carbons (Fsp3) is 0.333. The lowest BCUT2D eigenvalue weighted by Crippen LogP contribution is -2.15. The zero-order valence-corrected chi connectivity index (χ0v) is 15.9. The number of hydrogen-bond acceptors (Lipinski definition) is 7. The molecule has 26 heavy (non-hydrogen) atoms. The number of rotatable bonds is 6. The Balaban J connectivity index is 2.52. The molecule has 1 heterocycles. The molecule has 0 fully saturated rings. The molecular weight excluding hydrogens is 352 g/mol. The fourth-order valence-corrected chi connectivity index (χ4v) is 3.04. The van der Waals surface area contributed by atoms with E-state index in [4.69, 9.17) is 27.5 Å². The number of benzene rings is 1. The highest BCUT2D eigenvalue weighted by Crippen LogP contribution is 2.37. The van der Waals surface area contributed by atoms with Gasteiger partial charge < -0.3 is 21.2 Å². The molecule has 1 aromatic carbocycles. The van der Waals surface area contributed by atoms with Gasteiger partial charge in [-0.15, -0.1) is 0 Å². The van der Waals surface area contributed by atoms with Crippen molar-refractivity contribution in [2.45, 2.75) is 33.7 Å². The highest BCUT2D eigenvalue weighted by molar-refractivity contribution is 6.32. The minimum Gasteiger partial charge on any atom is -0.493 e. The number of nitrogens with two attached hydrogens (primary N) is 1. The molecule has 0 spiro atoms. The van der Waals surface area contributed by atoms with Crippen molar-refractivity contribution < 1.29 is 4.74 Å². The lowest BCUT2D eigenvalue weighted by atomic mass is 9.99. The molecule has 8 heteroatoms. The van der Waals surface area contributed by atoms with Crippen molar-refractivity contribution in [2.75, 3.05) is 17.7 Å². The molecule has 0 saturated carbocycles. The highest BCUT2D eigenvalue weighted by Gasteiger charge is 2.21. The first-order valence-corrected chi connectivity index (χ1v) is 8.47. The van der Waals surface area contributed by atoms with Gasteiger partial charge in [0.05, 0.1) is 28.8 Å². The Labute approximate surface area is 157 Å². The predicted molar refractivity (Wildman–Crippen MR) is 103 cm³/mol. The summed E-state index contributed by atoms with van der Waals surface area (Å²) in [6.45, 7) is 7.68. The van der Waals surface area contributed by atoms with Gasteiger partial charge in [-0.25, -0.2) is 9.97 Å². The minimum atomic E-state index is -0.257. The van der Waals surface area contributed by atoms with Gasteiger partial charge in [0.15, 0.2) is 0 Å². The molecule has 136 valence electrons. The maximum Gasteiger partial charge on any atom is 0.141 e. The minimum absolute atomic E-state index is 0.237. The van der Waals surface area contributed by atoms with E-state index in [0.29, 0.717) is 39.9 Å². The monoisotopic (exact) mass is 372 g/mol. The van der Waals surface area contributed by atoms with Gasteiger partial charge in [0, 0.05) is 16.8 Å². The Morgan fingerprint density at radius 2 is 2.19 bits per heavy atom. The Kier molecular flexibility index (Phi) is 6.01. The van der Waals surface area contributed by atoms with E-state index in [-0.39, 0.29) is 17.6 Å². The smallest absolute Gasteiger partial charge is 0.141 e. The number of nitrogens with zero attached hydrogens (tertiary/aromatic N) is 3. The average Bonchev–Trinajstić information content (AvgIpc) is 2.57. The predicted octanol–water partition coefficient (Wildman–Crippen LogP) is 3.85. The van der Waals surface area contributed by atoms with Crippen LogP contribution < -0.4 is 15.8 Å². The topological polar surface area (TPSA) is 121 Å². The van der Waals surface area contributed by atoms with Crippen molar-refractivity contribution in [2.24, 2.45) is 0 Å². The van der Waals surface area contributed by atoms with Crippen LogP contribution in [0.1, 0.15) is 49.1 Å². The van der Waals surface area contributed by atoms with Gasteiger partial charge in [0.2, 0.25) is 0 Å². The molecule has 1 atom stereocenters. The Morgan fingerprint density at radius 3 is 2.77 bits per heavy atom. The van der Waals surface area contributed by atoms with E-state index in [2.05, 4.69) is 21.4 Å². The van der Waals surface area contributed by atoms with Crippen LogP contribution in [0, 0.1) is 23.7 Å². The van der Waals surface area contributed by atoms with Gasteiger partial charge in [-0.05, 0) is 33.8 Å². The largest absolute Gasteiger partial charge is 0.493 e. The molecule has 0 aliphatic heterocycles. The van der Waals surface area contributed by atoms with Gasteiger partial charge in [-0.2, -0.15) is 5.26 Å². The molecule has 2 aromatic rings. The standard InChI is InChI=1S/C18H21ClN6O/c1-5-26-16-9(2)13(7-20)14(19)6-12(16)11(4)25-18-15(10(3)21)17(22)23-8-24-18/h6,8,11,21H,5H2,1-4H3,(H3,22,23,24,25). The van der Waals surface area contributed by atoms with E-state index >= 15 is 0 Å². The average molecular weight is 373 g/mol. The summed E-state index contributed by atoms with van der Waals surface area (Å²) < 4.78 is 5.78. The van der Waals surface area contributed by atoms with Crippen molar-refractivity contribution in [3.05, 3.63) is 39.7 Å². The molecule has 1 aromatic heterocycles. The summed E-state index contributed by atoms with van der Waals surface area (Å²) in [6, 6.07) is 3.57. The third kappa shape index (κ3) is 3.70. The van der Waals surface area contributed by atoms with Crippen LogP contribution in [0.3, 0.4) is 0 Å². The van der Waals surface area contributed by atoms with Crippen molar-refractivity contribution >= 4 is 28.9 Å². The Hall–Kier alpha value is -2.85. The number of anilines is 2. The number of halogens is 1. The zero-order valence-electron chi connectivity index (χ0n) is 15.1. The lowest BCUT2D eigenvalue weighted by molar-refractivity contribution is 0.333. The summed E-state index contributed by atoms with van der Waals surface area (Å²) in [5, 5.41) is 20.8. The van der Waals surface area contributed by atoms with Crippen molar-refractivity contribution in [3.63, 3.8) is 0 Å². The Bertz CT molecular complexity index is 890. The van der Waals surface area contributed by atoms with Crippen LogP contribution in [0.25, 0.3) is 0 Å². The number of ether oxygens (including phenoxy) is 1. The summed E-state index contributed by atoms with van der Waals surface area (Å²) in [5.41, 5.74) is 8.48. The summed E-state index contributed by atoms with van der Waals surface area (Å²) >= 11 is 6.28. The van der Waals surface area contributed by atoms with E-state index in [1.54, 1.807) is 13.0 Å². The zero-order chi connectivity index (χ0) is 19.4. The van der Waals surface area contributed by atoms with Gasteiger partial charge in [-0.3, -0.25) is 0 Å². The quantitative estimate of drug-likeness (QED) is 0.662. The molecule has 0 radical (unpaired) electrons. The van der Waals surface area contributed by atoms with Crippen LogP contribution in [0.4, 0.5) is 11.6 Å². The van der Waals surface area contributed by atoms with Crippen LogP contribution in [0.2, 0.25) is 5.02 Å². The second-order valence-electron chi connectivity index (χ2n) is 5.80. The first kappa shape index (κ1) is 19.5. The van der Waals surface area contributed by atoms with Crippen molar-refractivity contribution in [1.29, 1.82) is 10.7 Å². The van der Waals surface area contributed by atoms with Crippen molar-refractivity contribution in [1.82, 2.24) is 9.97 Å². The summed E-state index contributed by atoms with van der Waals surface area (Å²) in [7, 11) is 0. The first-order valence-electron chi connectivity index (χ1n) is 8.10. The summed E-state index contributed by atoms with van der Waals surface area (Å²) in [4.78, 5) is 8.15. The molecular formula is C18H21ClN6O. The maximum absolute atomic E-state index is 9.32. The third-order valence-corrected chi connectivity index (χ3v) is 4.27. The van der Waals surface area contributed by atoms with E-state index in [9.17, 15) is 5.26 Å². The number of nitrogens with one attached hydrogen (secondary N) is 2. The number of nitrogen functional groups attached to an aromatic ring is 1. The molecule has 0 saturated heterocycles. The highest BCUT2D eigenvalue weighted by atomic mass is 35.5.